The number of carbonyl (C=O) groups is 1. The van der Waals surface area contributed by atoms with Gasteiger partial charge in [-0.3, -0.25) is 0 Å². The summed E-state index contributed by atoms with van der Waals surface area (Å²) in [6.45, 7) is 11.5. The van der Waals surface area contributed by atoms with E-state index < -0.39 is 5.60 Å². The Kier molecular flexibility index (Phi) is 6.68. The third-order valence-corrected chi connectivity index (χ3v) is 4.45. The zero-order chi connectivity index (χ0) is 16.9. The summed E-state index contributed by atoms with van der Waals surface area (Å²) in [6, 6.07) is 0.185. The Labute approximate surface area is 140 Å². The molecule has 2 saturated heterocycles. The molecule has 0 aliphatic carbocycles. The summed E-state index contributed by atoms with van der Waals surface area (Å²) in [5, 5.41) is 3.60. The molecule has 0 spiro atoms. The molecule has 0 unspecified atom stereocenters. The largest absolute Gasteiger partial charge is 0.444 e. The van der Waals surface area contributed by atoms with E-state index in [2.05, 4.69) is 17.3 Å². The molecule has 0 aromatic heterocycles. The number of hydrogen-bond donors (Lipinski definition) is 1. The quantitative estimate of drug-likeness (QED) is 0.852. The van der Waals surface area contributed by atoms with Crippen molar-refractivity contribution in [2.24, 2.45) is 5.92 Å². The van der Waals surface area contributed by atoms with Crippen LogP contribution in [0.1, 0.15) is 33.6 Å². The molecular formula is C17H33N3O3. The van der Waals surface area contributed by atoms with E-state index in [0.29, 0.717) is 26.3 Å². The lowest BCUT2D eigenvalue weighted by atomic mass is 9.97. The van der Waals surface area contributed by atoms with E-state index in [1.54, 1.807) is 4.90 Å². The van der Waals surface area contributed by atoms with Crippen molar-refractivity contribution in [2.75, 3.05) is 53.0 Å². The molecule has 1 amide bonds. The summed E-state index contributed by atoms with van der Waals surface area (Å²) in [7, 11) is 2.18. The molecule has 0 bridgehead atoms. The van der Waals surface area contributed by atoms with Crippen LogP contribution in [0.3, 0.4) is 0 Å². The first-order valence-corrected chi connectivity index (χ1v) is 8.81. The summed E-state index contributed by atoms with van der Waals surface area (Å²) in [5.41, 5.74) is -0.457. The Balaban J connectivity index is 1.78. The molecule has 2 heterocycles. The van der Waals surface area contributed by atoms with Crippen LogP contribution in [0.15, 0.2) is 0 Å². The van der Waals surface area contributed by atoms with Gasteiger partial charge >= 0.3 is 6.09 Å². The van der Waals surface area contributed by atoms with Gasteiger partial charge in [0.05, 0.1) is 13.2 Å². The molecule has 2 aliphatic rings. The van der Waals surface area contributed by atoms with E-state index in [4.69, 9.17) is 9.47 Å². The molecule has 2 aliphatic heterocycles. The Morgan fingerprint density at radius 3 is 2.61 bits per heavy atom. The van der Waals surface area contributed by atoms with Gasteiger partial charge in [0, 0.05) is 19.1 Å². The summed E-state index contributed by atoms with van der Waals surface area (Å²) in [5.74, 6) is 0.726. The zero-order valence-corrected chi connectivity index (χ0v) is 15.1. The van der Waals surface area contributed by atoms with Gasteiger partial charge in [-0.15, -0.1) is 0 Å². The number of rotatable bonds is 3. The average Bonchev–Trinajstić information content (AvgIpc) is 2.70. The van der Waals surface area contributed by atoms with Gasteiger partial charge < -0.3 is 24.6 Å². The molecule has 1 N–H and O–H groups in total. The number of hydrogen-bond acceptors (Lipinski definition) is 5. The van der Waals surface area contributed by atoms with Gasteiger partial charge in [0.15, 0.2) is 0 Å². The fraction of sp³-hybridized carbons (Fsp3) is 0.941. The zero-order valence-electron chi connectivity index (χ0n) is 15.1. The minimum Gasteiger partial charge on any atom is -0.444 e. The second-order valence-electron chi connectivity index (χ2n) is 7.85. The van der Waals surface area contributed by atoms with E-state index in [1.165, 1.54) is 25.9 Å². The van der Waals surface area contributed by atoms with Crippen molar-refractivity contribution < 1.29 is 14.3 Å². The van der Waals surface area contributed by atoms with Crippen molar-refractivity contribution in [1.29, 1.82) is 0 Å². The smallest absolute Gasteiger partial charge is 0.410 e. The summed E-state index contributed by atoms with van der Waals surface area (Å²) < 4.78 is 11.1. The minimum atomic E-state index is -0.457. The third kappa shape index (κ3) is 6.65. The van der Waals surface area contributed by atoms with Crippen LogP contribution < -0.4 is 5.32 Å². The first-order valence-electron chi connectivity index (χ1n) is 8.81. The normalized spacial score (nSPS) is 25.2. The van der Waals surface area contributed by atoms with Crippen molar-refractivity contribution in [3.05, 3.63) is 0 Å². The van der Waals surface area contributed by atoms with E-state index in [0.717, 1.165) is 12.5 Å². The first-order chi connectivity index (χ1) is 10.8. The van der Waals surface area contributed by atoms with Crippen LogP contribution in [-0.4, -0.2) is 80.5 Å². The Morgan fingerprint density at radius 2 is 1.96 bits per heavy atom. The lowest BCUT2D eigenvalue weighted by Gasteiger charge is -2.31. The fourth-order valence-corrected chi connectivity index (χ4v) is 3.03. The van der Waals surface area contributed by atoms with Gasteiger partial charge in [-0.25, -0.2) is 4.79 Å². The minimum absolute atomic E-state index is 0.185. The molecule has 2 fully saturated rings. The van der Waals surface area contributed by atoms with Crippen molar-refractivity contribution in [2.45, 2.75) is 45.3 Å². The highest BCUT2D eigenvalue weighted by atomic mass is 16.6. The van der Waals surface area contributed by atoms with Crippen LogP contribution in [0.2, 0.25) is 0 Å². The average molecular weight is 327 g/mol. The highest BCUT2D eigenvalue weighted by Gasteiger charge is 2.27. The van der Waals surface area contributed by atoms with Crippen LogP contribution >= 0.6 is 0 Å². The monoisotopic (exact) mass is 327 g/mol. The van der Waals surface area contributed by atoms with Gasteiger partial charge in [0.2, 0.25) is 0 Å². The number of nitrogens with zero attached hydrogens (tertiary/aromatic N) is 2. The maximum atomic E-state index is 12.3. The molecule has 1 atom stereocenters. The van der Waals surface area contributed by atoms with Crippen LogP contribution in [0.25, 0.3) is 0 Å². The molecule has 6 nitrogen and oxygen atoms in total. The SMILES string of the molecule is CN1CCC(CN[C@H]2COCCN(C(=O)OC(C)(C)C)C2)CC1. The number of piperidine rings is 1. The molecule has 134 valence electrons. The predicted molar refractivity (Wildman–Crippen MR) is 90.6 cm³/mol. The predicted octanol–water partition coefficient (Wildman–Crippen LogP) is 1.55. The lowest BCUT2D eigenvalue weighted by Crippen LogP contribution is -2.47. The number of likely N-dealkylation sites (tertiary alicyclic amines) is 1. The fourth-order valence-electron chi connectivity index (χ4n) is 3.03. The maximum absolute atomic E-state index is 12.3. The first kappa shape index (κ1) is 18.5. The van der Waals surface area contributed by atoms with Crippen LogP contribution in [0.5, 0.6) is 0 Å². The van der Waals surface area contributed by atoms with E-state index in [-0.39, 0.29) is 12.1 Å². The molecular weight excluding hydrogens is 294 g/mol. The highest BCUT2D eigenvalue weighted by Crippen LogP contribution is 2.16. The van der Waals surface area contributed by atoms with Gasteiger partial charge in [-0.1, -0.05) is 0 Å². The topological polar surface area (TPSA) is 54.0 Å². The van der Waals surface area contributed by atoms with Crippen molar-refractivity contribution in [1.82, 2.24) is 15.1 Å². The van der Waals surface area contributed by atoms with Crippen LogP contribution in [0, 0.1) is 5.92 Å². The van der Waals surface area contributed by atoms with Crippen molar-refractivity contribution in [3.8, 4) is 0 Å². The number of amides is 1. The van der Waals surface area contributed by atoms with Crippen LogP contribution in [-0.2, 0) is 9.47 Å². The van der Waals surface area contributed by atoms with E-state index in [9.17, 15) is 4.79 Å². The third-order valence-electron chi connectivity index (χ3n) is 4.45. The summed E-state index contributed by atoms with van der Waals surface area (Å²) in [4.78, 5) is 16.4. The van der Waals surface area contributed by atoms with Crippen molar-refractivity contribution in [3.63, 3.8) is 0 Å². The molecule has 0 saturated carbocycles. The van der Waals surface area contributed by atoms with Gasteiger partial charge in [0.1, 0.15) is 5.60 Å². The Hall–Kier alpha value is -0.850. The maximum Gasteiger partial charge on any atom is 0.410 e. The Morgan fingerprint density at radius 1 is 1.26 bits per heavy atom. The standard InChI is InChI=1S/C17H33N3O3/c1-17(2,3)23-16(21)20-9-10-22-13-15(12-20)18-11-14-5-7-19(4)8-6-14/h14-15,18H,5-13H2,1-4H3/t15-/m1/s1. The number of ether oxygens (including phenoxy) is 2. The van der Waals surface area contributed by atoms with Crippen molar-refractivity contribution >= 4 is 6.09 Å². The van der Waals surface area contributed by atoms with E-state index >= 15 is 0 Å². The van der Waals surface area contributed by atoms with Crippen LogP contribution in [0.4, 0.5) is 4.79 Å². The summed E-state index contributed by atoms with van der Waals surface area (Å²) >= 11 is 0. The molecule has 23 heavy (non-hydrogen) atoms. The lowest BCUT2D eigenvalue weighted by molar-refractivity contribution is 0.0238. The summed E-state index contributed by atoms with van der Waals surface area (Å²) in [6.07, 6.45) is 2.24. The molecule has 6 heteroatoms. The van der Waals surface area contributed by atoms with Gasteiger partial charge in [0.25, 0.3) is 0 Å². The number of nitrogens with one attached hydrogen (secondary N) is 1. The molecule has 0 radical (unpaired) electrons. The van der Waals surface area contributed by atoms with Gasteiger partial charge in [-0.2, -0.15) is 0 Å². The molecule has 2 rings (SSSR count). The second-order valence-corrected chi connectivity index (χ2v) is 7.85. The van der Waals surface area contributed by atoms with Gasteiger partial charge in [-0.05, 0) is 66.2 Å². The molecule has 0 aromatic rings. The highest BCUT2D eigenvalue weighted by molar-refractivity contribution is 5.68. The Bertz CT molecular complexity index is 376. The molecule has 0 aromatic carbocycles. The van der Waals surface area contributed by atoms with E-state index in [1.807, 2.05) is 20.8 Å². The second kappa shape index (κ2) is 8.31. The number of carbonyl (C=O) groups excluding carboxylic acids is 1.